The van der Waals surface area contributed by atoms with Gasteiger partial charge in [0.15, 0.2) is 0 Å². The van der Waals surface area contributed by atoms with Crippen molar-refractivity contribution >= 4 is 11.8 Å². The Labute approximate surface area is 141 Å². The lowest BCUT2D eigenvalue weighted by molar-refractivity contribution is 0.404. The van der Waals surface area contributed by atoms with E-state index in [1.807, 2.05) is 24.3 Å². The van der Waals surface area contributed by atoms with Crippen LogP contribution in [0.5, 0.6) is 0 Å². The van der Waals surface area contributed by atoms with Gasteiger partial charge in [-0.1, -0.05) is 79.3 Å². The molecule has 3 rings (SSSR count). The van der Waals surface area contributed by atoms with Crippen molar-refractivity contribution in [3.05, 3.63) is 77.7 Å². The van der Waals surface area contributed by atoms with Crippen molar-refractivity contribution in [2.75, 3.05) is 0 Å². The molecule has 3 nitrogen and oxygen atoms in total. The molecule has 0 aliphatic carbocycles. The summed E-state index contributed by atoms with van der Waals surface area (Å²) in [6, 6.07) is 20.8. The third-order valence-electron chi connectivity index (χ3n) is 3.84. The van der Waals surface area contributed by atoms with Crippen molar-refractivity contribution in [3.63, 3.8) is 0 Å². The molecule has 1 aromatic heterocycles. The first-order chi connectivity index (χ1) is 11.2. The maximum absolute atomic E-state index is 5.81. The highest BCUT2D eigenvalue weighted by Gasteiger charge is 2.15. The first-order valence-electron chi connectivity index (χ1n) is 7.81. The van der Waals surface area contributed by atoms with Gasteiger partial charge in [0.2, 0.25) is 5.89 Å². The molecule has 0 fully saturated rings. The molecule has 2 atom stereocenters. The molecular formula is C19H20N2OS. The van der Waals surface area contributed by atoms with E-state index in [-0.39, 0.29) is 5.25 Å². The van der Waals surface area contributed by atoms with E-state index in [0.717, 1.165) is 6.42 Å². The summed E-state index contributed by atoms with van der Waals surface area (Å²) >= 11 is 1.60. The van der Waals surface area contributed by atoms with Gasteiger partial charge in [-0.2, -0.15) is 0 Å². The van der Waals surface area contributed by atoms with Crippen molar-refractivity contribution in [3.8, 4) is 0 Å². The molecule has 0 amide bonds. The molecule has 0 spiro atoms. The molecule has 0 saturated carbocycles. The van der Waals surface area contributed by atoms with E-state index < -0.39 is 0 Å². The molecule has 4 heteroatoms. The van der Waals surface area contributed by atoms with Crippen LogP contribution >= 0.6 is 11.8 Å². The summed E-state index contributed by atoms with van der Waals surface area (Å²) in [4.78, 5) is 0. The maximum Gasteiger partial charge on any atom is 0.277 e. The van der Waals surface area contributed by atoms with Crippen LogP contribution < -0.4 is 0 Å². The van der Waals surface area contributed by atoms with Crippen molar-refractivity contribution in [1.29, 1.82) is 0 Å². The lowest BCUT2D eigenvalue weighted by atomic mass is 9.98. The van der Waals surface area contributed by atoms with Crippen LogP contribution in [0.2, 0.25) is 0 Å². The predicted molar refractivity (Wildman–Crippen MR) is 93.6 cm³/mol. The molecule has 3 aromatic rings. The first kappa shape index (κ1) is 15.8. The summed E-state index contributed by atoms with van der Waals surface area (Å²) in [6.07, 6.45) is 0.761. The van der Waals surface area contributed by atoms with Crippen LogP contribution in [0, 0.1) is 0 Å². The highest BCUT2D eigenvalue weighted by molar-refractivity contribution is 7.99. The Morgan fingerprint density at radius 3 is 2.13 bits per heavy atom. The summed E-state index contributed by atoms with van der Waals surface area (Å²) in [5, 5.41) is 9.29. The van der Waals surface area contributed by atoms with E-state index in [9.17, 15) is 0 Å². The molecule has 2 aromatic carbocycles. The minimum atomic E-state index is 0.288. The summed E-state index contributed by atoms with van der Waals surface area (Å²) in [5.74, 6) is 1.06. The van der Waals surface area contributed by atoms with E-state index in [4.69, 9.17) is 4.42 Å². The molecule has 0 bridgehead atoms. The highest BCUT2D eigenvalue weighted by Crippen LogP contribution is 2.34. The van der Waals surface area contributed by atoms with Gasteiger partial charge in [-0.05, 0) is 24.0 Å². The van der Waals surface area contributed by atoms with Gasteiger partial charge in [-0.3, -0.25) is 0 Å². The molecular weight excluding hydrogens is 304 g/mol. The Balaban J connectivity index is 1.62. The number of hydrogen-bond acceptors (Lipinski definition) is 4. The first-order valence-corrected chi connectivity index (χ1v) is 8.69. The van der Waals surface area contributed by atoms with Gasteiger partial charge in [-0.25, -0.2) is 0 Å². The molecule has 0 aliphatic heterocycles. The van der Waals surface area contributed by atoms with Crippen molar-refractivity contribution in [1.82, 2.24) is 10.2 Å². The quantitative estimate of drug-likeness (QED) is 0.579. The SMILES string of the molecule is CC(Cc1nnc(SC(C)c2ccccc2)o1)c1ccccc1. The molecule has 1 heterocycles. The summed E-state index contributed by atoms with van der Waals surface area (Å²) in [6.45, 7) is 4.33. The van der Waals surface area contributed by atoms with Crippen LogP contribution in [0.1, 0.15) is 42.0 Å². The van der Waals surface area contributed by atoms with E-state index in [1.165, 1.54) is 11.1 Å². The van der Waals surface area contributed by atoms with E-state index >= 15 is 0 Å². The second kappa shape index (κ2) is 7.47. The number of nitrogens with zero attached hydrogens (tertiary/aromatic N) is 2. The zero-order valence-corrected chi connectivity index (χ0v) is 14.2. The third kappa shape index (κ3) is 4.23. The average Bonchev–Trinajstić information content (AvgIpc) is 3.03. The van der Waals surface area contributed by atoms with Crippen LogP contribution in [-0.4, -0.2) is 10.2 Å². The maximum atomic E-state index is 5.81. The van der Waals surface area contributed by atoms with Gasteiger partial charge in [0.25, 0.3) is 5.22 Å². The fourth-order valence-corrected chi connectivity index (χ4v) is 3.30. The molecule has 0 N–H and O–H groups in total. The lowest BCUT2D eigenvalue weighted by Gasteiger charge is -2.09. The molecule has 0 aliphatic rings. The Morgan fingerprint density at radius 1 is 0.870 bits per heavy atom. The van der Waals surface area contributed by atoms with E-state index in [2.05, 4.69) is 60.4 Å². The minimum Gasteiger partial charge on any atom is -0.416 e. The molecule has 2 unspecified atom stereocenters. The van der Waals surface area contributed by atoms with E-state index in [1.54, 1.807) is 11.8 Å². The largest absolute Gasteiger partial charge is 0.416 e. The summed E-state index contributed by atoms with van der Waals surface area (Å²) in [5.41, 5.74) is 2.55. The smallest absolute Gasteiger partial charge is 0.277 e. The Bertz CT molecular complexity index is 665. The number of aromatic nitrogens is 2. The van der Waals surface area contributed by atoms with Crippen molar-refractivity contribution in [2.45, 2.75) is 36.7 Å². The Hall–Kier alpha value is -2.07. The minimum absolute atomic E-state index is 0.288. The van der Waals surface area contributed by atoms with Gasteiger partial charge >= 0.3 is 0 Å². The molecule has 0 radical (unpaired) electrons. The lowest BCUT2D eigenvalue weighted by Crippen LogP contribution is -1.98. The Kier molecular flexibility index (Phi) is 5.13. The summed E-state index contributed by atoms with van der Waals surface area (Å²) < 4.78 is 5.81. The summed E-state index contributed by atoms with van der Waals surface area (Å²) in [7, 11) is 0. The van der Waals surface area contributed by atoms with Crippen LogP contribution in [0.15, 0.2) is 70.3 Å². The second-order valence-electron chi connectivity index (χ2n) is 5.65. The predicted octanol–water partition coefficient (Wildman–Crippen LogP) is 5.27. The second-order valence-corrected chi connectivity index (χ2v) is 6.94. The highest BCUT2D eigenvalue weighted by atomic mass is 32.2. The van der Waals surface area contributed by atoms with Crippen LogP contribution in [-0.2, 0) is 6.42 Å². The van der Waals surface area contributed by atoms with Crippen LogP contribution in [0.3, 0.4) is 0 Å². The van der Waals surface area contributed by atoms with Crippen molar-refractivity contribution < 1.29 is 4.42 Å². The fraction of sp³-hybridized carbons (Fsp3) is 0.263. The van der Waals surface area contributed by atoms with Crippen LogP contribution in [0.25, 0.3) is 0 Å². The zero-order valence-electron chi connectivity index (χ0n) is 13.3. The number of hydrogen-bond donors (Lipinski definition) is 0. The van der Waals surface area contributed by atoms with Gasteiger partial charge in [0.1, 0.15) is 0 Å². The number of thioether (sulfide) groups is 1. The fourth-order valence-electron chi connectivity index (χ4n) is 2.47. The normalized spacial score (nSPS) is 13.7. The molecule has 0 saturated heterocycles. The number of rotatable bonds is 6. The zero-order chi connectivity index (χ0) is 16.1. The van der Waals surface area contributed by atoms with Gasteiger partial charge in [-0.15, -0.1) is 10.2 Å². The van der Waals surface area contributed by atoms with Gasteiger partial charge in [0, 0.05) is 11.7 Å². The van der Waals surface area contributed by atoms with E-state index in [0.29, 0.717) is 17.0 Å². The molecule has 23 heavy (non-hydrogen) atoms. The monoisotopic (exact) mass is 324 g/mol. The van der Waals surface area contributed by atoms with Crippen molar-refractivity contribution in [2.24, 2.45) is 0 Å². The average molecular weight is 324 g/mol. The Morgan fingerprint density at radius 2 is 1.48 bits per heavy atom. The number of benzene rings is 2. The standard InChI is InChI=1S/C19H20N2OS/c1-14(16-9-5-3-6-10-16)13-18-20-21-19(22-18)23-15(2)17-11-7-4-8-12-17/h3-12,14-15H,13H2,1-2H3. The van der Waals surface area contributed by atoms with Gasteiger partial charge < -0.3 is 4.42 Å². The topological polar surface area (TPSA) is 38.9 Å². The van der Waals surface area contributed by atoms with Gasteiger partial charge in [0.05, 0.1) is 0 Å². The molecule has 118 valence electrons. The third-order valence-corrected chi connectivity index (χ3v) is 4.84. The van der Waals surface area contributed by atoms with Crippen LogP contribution in [0.4, 0.5) is 0 Å².